The van der Waals surface area contributed by atoms with Crippen LogP contribution in [0.4, 0.5) is 5.69 Å². The number of likely N-dealkylation sites (N-methyl/N-ethyl adjacent to an activating group) is 1. The number of anilines is 1. The van der Waals surface area contributed by atoms with Crippen molar-refractivity contribution in [1.29, 1.82) is 0 Å². The number of nitrogens with one attached hydrogen (secondary N) is 1. The van der Waals surface area contributed by atoms with Crippen LogP contribution in [0.15, 0.2) is 72.3 Å². The van der Waals surface area contributed by atoms with Gasteiger partial charge < -0.3 is 19.7 Å². The van der Waals surface area contributed by atoms with E-state index in [9.17, 15) is 4.79 Å². The summed E-state index contributed by atoms with van der Waals surface area (Å²) < 4.78 is 11.7. The second-order valence-electron chi connectivity index (χ2n) is 8.52. The molecule has 0 unspecified atom stereocenters. The van der Waals surface area contributed by atoms with Crippen molar-refractivity contribution in [2.75, 3.05) is 39.2 Å². The van der Waals surface area contributed by atoms with E-state index in [-0.39, 0.29) is 5.91 Å². The van der Waals surface area contributed by atoms with Crippen LogP contribution in [0.1, 0.15) is 17.5 Å². The molecule has 1 heterocycles. The average molecular weight is 443 g/mol. The normalized spacial score (nSPS) is 12.9. The maximum absolute atomic E-state index is 13.1. The van der Waals surface area contributed by atoms with E-state index >= 15 is 0 Å². The first kappa shape index (κ1) is 22.6. The number of hydrogen-bond donors (Lipinski definition) is 1. The van der Waals surface area contributed by atoms with Crippen molar-refractivity contribution in [1.82, 2.24) is 4.90 Å². The number of carbonyl (C=O) groups is 1. The largest absolute Gasteiger partial charge is 0.493 e. The Labute approximate surface area is 195 Å². The molecule has 1 aliphatic rings. The Balaban J connectivity index is 1.51. The van der Waals surface area contributed by atoms with Crippen molar-refractivity contribution in [3.05, 3.63) is 83.4 Å². The van der Waals surface area contributed by atoms with Crippen LogP contribution in [-0.2, 0) is 4.79 Å². The molecule has 0 aliphatic carbocycles. The summed E-state index contributed by atoms with van der Waals surface area (Å²) in [5, 5.41) is 3.01. The summed E-state index contributed by atoms with van der Waals surface area (Å²) in [6.07, 6.45) is 2.48. The van der Waals surface area contributed by atoms with Crippen LogP contribution in [0.2, 0.25) is 0 Å². The van der Waals surface area contributed by atoms with Gasteiger partial charge in [0.05, 0.1) is 6.61 Å². The zero-order chi connectivity index (χ0) is 23.2. The molecule has 0 aromatic heterocycles. The second kappa shape index (κ2) is 10.4. The highest BCUT2D eigenvalue weighted by Gasteiger charge is 2.16. The van der Waals surface area contributed by atoms with Crippen molar-refractivity contribution < 1.29 is 14.3 Å². The van der Waals surface area contributed by atoms with E-state index in [1.807, 2.05) is 50.5 Å². The highest BCUT2D eigenvalue weighted by molar-refractivity contribution is 6.07. The average Bonchev–Trinajstić information content (AvgIpc) is 3.02. The van der Waals surface area contributed by atoms with E-state index < -0.39 is 0 Å². The van der Waals surface area contributed by atoms with Gasteiger partial charge in [0, 0.05) is 35.9 Å². The first-order chi connectivity index (χ1) is 16.0. The second-order valence-corrected chi connectivity index (χ2v) is 8.52. The van der Waals surface area contributed by atoms with Crippen molar-refractivity contribution in [3.63, 3.8) is 0 Å². The SMILES string of the molecule is Cc1ccc(-c2ccc3c(c2)C=C(C(=O)Nc2cccc(OCCN(C)C)c2)CCO3)cc1. The van der Waals surface area contributed by atoms with E-state index in [1.165, 1.54) is 5.56 Å². The Morgan fingerprint density at radius 2 is 1.82 bits per heavy atom. The van der Waals surface area contributed by atoms with Crippen molar-refractivity contribution in [2.24, 2.45) is 0 Å². The minimum Gasteiger partial charge on any atom is -0.493 e. The van der Waals surface area contributed by atoms with Gasteiger partial charge in [-0.1, -0.05) is 42.0 Å². The highest BCUT2D eigenvalue weighted by Crippen LogP contribution is 2.31. The molecule has 3 aromatic carbocycles. The molecule has 1 amide bonds. The summed E-state index contributed by atoms with van der Waals surface area (Å²) in [5.41, 5.74) is 5.77. The van der Waals surface area contributed by atoms with Gasteiger partial charge in [-0.2, -0.15) is 0 Å². The van der Waals surface area contributed by atoms with Crippen LogP contribution < -0.4 is 14.8 Å². The van der Waals surface area contributed by atoms with Crippen molar-refractivity contribution >= 4 is 17.7 Å². The van der Waals surface area contributed by atoms with Gasteiger partial charge in [-0.15, -0.1) is 0 Å². The van der Waals surface area contributed by atoms with Gasteiger partial charge in [0.15, 0.2) is 0 Å². The van der Waals surface area contributed by atoms with Gasteiger partial charge in [0.2, 0.25) is 0 Å². The third-order valence-corrected chi connectivity index (χ3v) is 5.54. The molecule has 4 rings (SSSR count). The zero-order valence-electron chi connectivity index (χ0n) is 19.4. The van der Waals surface area contributed by atoms with E-state index in [0.717, 1.165) is 34.7 Å². The van der Waals surface area contributed by atoms with Crippen LogP contribution in [0.3, 0.4) is 0 Å². The molecule has 5 nitrogen and oxygen atoms in total. The first-order valence-electron chi connectivity index (χ1n) is 11.2. The number of hydrogen-bond acceptors (Lipinski definition) is 4. The monoisotopic (exact) mass is 442 g/mol. The Morgan fingerprint density at radius 3 is 2.61 bits per heavy atom. The molecule has 0 bridgehead atoms. The summed E-state index contributed by atoms with van der Waals surface area (Å²) in [5.74, 6) is 1.41. The number of benzene rings is 3. The molecule has 0 fully saturated rings. The Bertz CT molecular complexity index is 1150. The number of fused-ring (bicyclic) bond motifs is 1. The number of nitrogens with zero attached hydrogens (tertiary/aromatic N) is 1. The van der Waals surface area contributed by atoms with Gasteiger partial charge in [-0.3, -0.25) is 4.79 Å². The van der Waals surface area contributed by atoms with E-state index in [0.29, 0.717) is 30.9 Å². The third kappa shape index (κ3) is 6.02. The minimum absolute atomic E-state index is 0.127. The molecule has 1 aliphatic heterocycles. The van der Waals surface area contributed by atoms with Gasteiger partial charge in [0.1, 0.15) is 18.1 Å². The predicted octanol–water partition coefficient (Wildman–Crippen LogP) is 5.41. The molecular formula is C28H30N2O3. The molecule has 3 aromatic rings. The summed E-state index contributed by atoms with van der Waals surface area (Å²) >= 11 is 0. The van der Waals surface area contributed by atoms with Crippen LogP contribution >= 0.6 is 0 Å². The lowest BCUT2D eigenvalue weighted by Gasteiger charge is -2.12. The molecule has 0 radical (unpaired) electrons. The van der Waals surface area contributed by atoms with E-state index in [2.05, 4.69) is 53.5 Å². The topological polar surface area (TPSA) is 50.8 Å². The van der Waals surface area contributed by atoms with Gasteiger partial charge in [-0.05, 0) is 62.5 Å². The molecule has 0 atom stereocenters. The molecule has 1 N–H and O–H groups in total. The molecule has 5 heteroatoms. The lowest BCUT2D eigenvalue weighted by molar-refractivity contribution is -0.113. The number of rotatable bonds is 7. The van der Waals surface area contributed by atoms with Crippen molar-refractivity contribution in [3.8, 4) is 22.6 Å². The van der Waals surface area contributed by atoms with Crippen molar-refractivity contribution in [2.45, 2.75) is 13.3 Å². The summed E-state index contributed by atoms with van der Waals surface area (Å²) in [7, 11) is 4.01. The Hall–Kier alpha value is -3.57. The number of carbonyl (C=O) groups excluding carboxylic acids is 1. The quantitative estimate of drug-likeness (QED) is 0.532. The van der Waals surface area contributed by atoms with Gasteiger partial charge in [0.25, 0.3) is 5.91 Å². The zero-order valence-corrected chi connectivity index (χ0v) is 19.4. The molecular weight excluding hydrogens is 412 g/mol. The Morgan fingerprint density at radius 1 is 1.03 bits per heavy atom. The summed E-state index contributed by atoms with van der Waals surface area (Å²) in [4.78, 5) is 15.1. The smallest absolute Gasteiger partial charge is 0.251 e. The van der Waals surface area contributed by atoms with E-state index in [1.54, 1.807) is 0 Å². The number of amides is 1. The molecule has 33 heavy (non-hydrogen) atoms. The van der Waals surface area contributed by atoms with Crippen LogP contribution in [0.25, 0.3) is 17.2 Å². The predicted molar refractivity (Wildman–Crippen MR) is 134 cm³/mol. The molecule has 0 spiro atoms. The fourth-order valence-electron chi connectivity index (χ4n) is 3.65. The highest BCUT2D eigenvalue weighted by atomic mass is 16.5. The standard InChI is InChI=1S/C28H30N2O3/c1-20-7-9-21(10-8-20)22-11-12-27-24(17-22)18-23(13-15-33-27)28(31)29-25-5-4-6-26(19-25)32-16-14-30(2)3/h4-12,17-19H,13-16H2,1-3H3,(H,29,31). The van der Waals surface area contributed by atoms with Crippen LogP contribution in [0.5, 0.6) is 11.5 Å². The molecule has 170 valence electrons. The minimum atomic E-state index is -0.127. The Kier molecular flexibility index (Phi) is 7.10. The maximum Gasteiger partial charge on any atom is 0.251 e. The van der Waals surface area contributed by atoms with Crippen LogP contribution in [-0.4, -0.2) is 44.7 Å². The lowest BCUT2D eigenvalue weighted by atomic mass is 10.00. The molecule has 0 saturated carbocycles. The summed E-state index contributed by atoms with van der Waals surface area (Å²) in [6.45, 7) is 3.96. The maximum atomic E-state index is 13.1. The summed E-state index contributed by atoms with van der Waals surface area (Å²) in [6, 6.07) is 22.0. The lowest BCUT2D eigenvalue weighted by Crippen LogP contribution is -2.19. The first-order valence-corrected chi connectivity index (χ1v) is 11.2. The molecule has 0 saturated heterocycles. The van der Waals surface area contributed by atoms with E-state index in [4.69, 9.17) is 9.47 Å². The van der Waals surface area contributed by atoms with Gasteiger partial charge >= 0.3 is 0 Å². The number of ether oxygens (including phenoxy) is 2. The fourth-order valence-corrected chi connectivity index (χ4v) is 3.65. The number of aryl methyl sites for hydroxylation is 1. The fraction of sp³-hybridized carbons (Fsp3) is 0.250. The van der Waals surface area contributed by atoms with Crippen LogP contribution in [0, 0.1) is 6.92 Å². The third-order valence-electron chi connectivity index (χ3n) is 5.54. The van der Waals surface area contributed by atoms with Gasteiger partial charge in [-0.25, -0.2) is 0 Å².